The fourth-order valence-corrected chi connectivity index (χ4v) is 3.63. The van der Waals surface area contributed by atoms with Crippen LogP contribution in [0, 0.1) is 6.92 Å². The van der Waals surface area contributed by atoms with Gasteiger partial charge in [0, 0.05) is 29.7 Å². The summed E-state index contributed by atoms with van der Waals surface area (Å²) in [6, 6.07) is 4.07. The minimum atomic E-state index is 0.00851. The van der Waals surface area contributed by atoms with E-state index < -0.39 is 0 Å². The lowest BCUT2D eigenvalue weighted by molar-refractivity contribution is 0.269. The Bertz CT molecular complexity index is 643. The third-order valence-corrected chi connectivity index (χ3v) is 5.12. The summed E-state index contributed by atoms with van der Waals surface area (Å²) in [4.78, 5) is 17.4. The first-order chi connectivity index (χ1) is 10.2. The number of rotatable bonds is 4. The van der Waals surface area contributed by atoms with E-state index in [1.54, 1.807) is 34.3 Å². The standard InChI is InChI=1S/C15H20N4OS/c1-11-14(21-10-17-11)9-16-12-4-6-13(7-5-12)19-15(20)3-2-8-18-19/h2-3,8,10,12-13,16H,4-7,9H2,1H3. The number of nitrogens with zero attached hydrogens (tertiary/aromatic N) is 3. The lowest BCUT2D eigenvalue weighted by atomic mass is 9.91. The molecule has 0 atom stereocenters. The van der Waals surface area contributed by atoms with Gasteiger partial charge in [-0.2, -0.15) is 5.10 Å². The van der Waals surface area contributed by atoms with Crippen molar-refractivity contribution in [2.75, 3.05) is 0 Å². The molecule has 0 aliphatic heterocycles. The van der Waals surface area contributed by atoms with Crippen molar-refractivity contribution in [3.05, 3.63) is 44.8 Å². The maximum atomic E-state index is 11.8. The smallest absolute Gasteiger partial charge is 0.266 e. The van der Waals surface area contributed by atoms with Gasteiger partial charge in [-0.1, -0.05) is 0 Å². The molecule has 0 saturated heterocycles. The summed E-state index contributed by atoms with van der Waals surface area (Å²) in [5, 5.41) is 7.82. The molecule has 21 heavy (non-hydrogen) atoms. The Morgan fingerprint density at radius 3 is 2.86 bits per heavy atom. The molecule has 2 aromatic heterocycles. The van der Waals surface area contributed by atoms with Gasteiger partial charge in [-0.3, -0.25) is 4.79 Å². The van der Waals surface area contributed by atoms with Gasteiger partial charge in [0.25, 0.3) is 5.56 Å². The predicted molar refractivity (Wildman–Crippen MR) is 83.5 cm³/mol. The van der Waals surface area contributed by atoms with Crippen LogP contribution >= 0.6 is 11.3 Å². The van der Waals surface area contributed by atoms with E-state index in [4.69, 9.17) is 0 Å². The molecular weight excluding hydrogens is 284 g/mol. The van der Waals surface area contributed by atoms with Crippen molar-refractivity contribution < 1.29 is 0 Å². The zero-order valence-corrected chi connectivity index (χ0v) is 13.0. The molecule has 3 rings (SSSR count). The van der Waals surface area contributed by atoms with E-state index in [1.807, 2.05) is 5.51 Å². The van der Waals surface area contributed by atoms with E-state index in [2.05, 4.69) is 22.3 Å². The zero-order chi connectivity index (χ0) is 14.7. The van der Waals surface area contributed by atoms with Crippen molar-refractivity contribution >= 4 is 11.3 Å². The summed E-state index contributed by atoms with van der Waals surface area (Å²) in [6.07, 6.45) is 5.89. The van der Waals surface area contributed by atoms with Gasteiger partial charge in [0.1, 0.15) is 0 Å². The second-order valence-electron chi connectivity index (χ2n) is 5.55. The molecule has 1 aliphatic rings. The van der Waals surface area contributed by atoms with E-state index in [0.717, 1.165) is 37.9 Å². The second kappa shape index (κ2) is 6.49. The Morgan fingerprint density at radius 2 is 2.19 bits per heavy atom. The Labute approximate surface area is 128 Å². The minimum Gasteiger partial charge on any atom is -0.309 e. The molecular formula is C15H20N4OS. The molecule has 6 heteroatoms. The number of aromatic nitrogens is 3. The fourth-order valence-electron chi connectivity index (χ4n) is 2.90. The molecule has 112 valence electrons. The highest BCUT2D eigenvalue weighted by atomic mass is 32.1. The molecule has 1 N–H and O–H groups in total. The second-order valence-corrected chi connectivity index (χ2v) is 6.49. The van der Waals surface area contributed by atoms with Crippen LogP contribution in [0.3, 0.4) is 0 Å². The Kier molecular flexibility index (Phi) is 4.45. The summed E-state index contributed by atoms with van der Waals surface area (Å²) in [7, 11) is 0. The van der Waals surface area contributed by atoms with Crippen LogP contribution in [0.5, 0.6) is 0 Å². The maximum Gasteiger partial charge on any atom is 0.266 e. The molecule has 0 unspecified atom stereocenters. The van der Waals surface area contributed by atoms with Gasteiger partial charge in [-0.15, -0.1) is 11.3 Å². The SMILES string of the molecule is Cc1ncsc1CNC1CCC(n2ncccc2=O)CC1. The minimum absolute atomic E-state index is 0.00851. The van der Waals surface area contributed by atoms with Crippen LogP contribution in [0.15, 0.2) is 28.6 Å². The first-order valence-electron chi connectivity index (χ1n) is 7.40. The first kappa shape index (κ1) is 14.4. The third kappa shape index (κ3) is 3.39. The third-order valence-electron chi connectivity index (χ3n) is 4.18. The summed E-state index contributed by atoms with van der Waals surface area (Å²) in [5.41, 5.74) is 3.03. The van der Waals surface area contributed by atoms with Crippen LogP contribution in [-0.2, 0) is 6.54 Å². The van der Waals surface area contributed by atoms with Crippen LogP contribution < -0.4 is 10.9 Å². The van der Waals surface area contributed by atoms with Gasteiger partial charge >= 0.3 is 0 Å². The van der Waals surface area contributed by atoms with Crippen LogP contribution in [0.2, 0.25) is 0 Å². The van der Waals surface area contributed by atoms with Crippen LogP contribution in [0.1, 0.15) is 42.3 Å². The topological polar surface area (TPSA) is 59.8 Å². The van der Waals surface area contributed by atoms with E-state index in [9.17, 15) is 4.79 Å². The molecule has 0 radical (unpaired) electrons. The average molecular weight is 304 g/mol. The van der Waals surface area contributed by atoms with Crippen molar-refractivity contribution in [2.45, 2.75) is 51.2 Å². The highest BCUT2D eigenvalue weighted by molar-refractivity contribution is 7.09. The largest absolute Gasteiger partial charge is 0.309 e. The number of hydrogen-bond acceptors (Lipinski definition) is 5. The molecule has 2 heterocycles. The van der Waals surface area contributed by atoms with Gasteiger partial charge < -0.3 is 5.32 Å². The van der Waals surface area contributed by atoms with Crippen LogP contribution in [0.4, 0.5) is 0 Å². The van der Waals surface area contributed by atoms with Gasteiger partial charge in [0.15, 0.2) is 0 Å². The average Bonchev–Trinajstić information content (AvgIpc) is 2.92. The Morgan fingerprint density at radius 1 is 1.38 bits per heavy atom. The van der Waals surface area contributed by atoms with Crippen molar-refractivity contribution in [3.63, 3.8) is 0 Å². The molecule has 2 aromatic rings. The molecule has 0 aromatic carbocycles. The number of aryl methyl sites for hydroxylation is 1. The highest BCUT2D eigenvalue weighted by Crippen LogP contribution is 2.27. The fraction of sp³-hybridized carbons (Fsp3) is 0.533. The van der Waals surface area contributed by atoms with Gasteiger partial charge in [-0.05, 0) is 38.7 Å². The first-order valence-corrected chi connectivity index (χ1v) is 8.28. The molecule has 1 saturated carbocycles. The lowest BCUT2D eigenvalue weighted by Gasteiger charge is -2.29. The Hall–Kier alpha value is -1.53. The molecule has 0 amide bonds. The quantitative estimate of drug-likeness (QED) is 0.941. The van der Waals surface area contributed by atoms with Crippen LogP contribution in [-0.4, -0.2) is 20.8 Å². The monoisotopic (exact) mass is 304 g/mol. The zero-order valence-electron chi connectivity index (χ0n) is 12.2. The van der Waals surface area contributed by atoms with Crippen molar-refractivity contribution in [1.82, 2.24) is 20.1 Å². The molecule has 0 spiro atoms. The summed E-state index contributed by atoms with van der Waals surface area (Å²) < 4.78 is 1.64. The van der Waals surface area contributed by atoms with Crippen molar-refractivity contribution in [1.29, 1.82) is 0 Å². The van der Waals surface area contributed by atoms with Gasteiger partial charge in [0.2, 0.25) is 0 Å². The Balaban J connectivity index is 1.52. The summed E-state index contributed by atoms with van der Waals surface area (Å²) in [5.74, 6) is 0. The number of nitrogens with one attached hydrogen (secondary N) is 1. The van der Waals surface area contributed by atoms with Gasteiger partial charge in [0.05, 0.1) is 17.2 Å². The molecule has 1 fully saturated rings. The van der Waals surface area contributed by atoms with E-state index in [1.165, 1.54) is 4.88 Å². The van der Waals surface area contributed by atoms with Crippen LogP contribution in [0.25, 0.3) is 0 Å². The van der Waals surface area contributed by atoms with E-state index in [-0.39, 0.29) is 11.6 Å². The number of thiazole rings is 1. The summed E-state index contributed by atoms with van der Waals surface area (Å²) >= 11 is 1.71. The van der Waals surface area contributed by atoms with E-state index >= 15 is 0 Å². The summed E-state index contributed by atoms with van der Waals surface area (Å²) in [6.45, 7) is 2.95. The molecule has 1 aliphatic carbocycles. The lowest BCUT2D eigenvalue weighted by Crippen LogP contribution is -2.36. The predicted octanol–water partition coefficient (Wildman–Crippen LogP) is 2.28. The molecule has 5 nitrogen and oxygen atoms in total. The highest BCUT2D eigenvalue weighted by Gasteiger charge is 2.23. The van der Waals surface area contributed by atoms with Gasteiger partial charge in [-0.25, -0.2) is 9.67 Å². The number of hydrogen-bond donors (Lipinski definition) is 1. The maximum absolute atomic E-state index is 11.8. The van der Waals surface area contributed by atoms with Crippen molar-refractivity contribution in [2.24, 2.45) is 0 Å². The normalized spacial score (nSPS) is 22.3. The molecule has 0 bridgehead atoms. The van der Waals surface area contributed by atoms with Crippen molar-refractivity contribution in [3.8, 4) is 0 Å². The van der Waals surface area contributed by atoms with E-state index in [0.29, 0.717) is 6.04 Å².